The second-order valence-electron chi connectivity index (χ2n) is 9.10. The molecule has 0 fully saturated rings. The molecular formula is C29H29N5OS2. The summed E-state index contributed by atoms with van der Waals surface area (Å²) in [6.45, 7) is 3.99. The van der Waals surface area contributed by atoms with Crippen molar-refractivity contribution in [1.29, 1.82) is 5.26 Å². The van der Waals surface area contributed by atoms with Gasteiger partial charge in [0.05, 0.1) is 28.6 Å². The Balaban J connectivity index is 1.27. The molecule has 5 rings (SSSR count). The third-order valence-corrected chi connectivity index (χ3v) is 8.34. The number of unbranched alkanes of at least 4 members (excludes halogenated alkanes) is 2. The molecule has 0 unspecified atom stereocenters. The Kier molecular flexibility index (Phi) is 7.93. The average Bonchev–Trinajstić information content (AvgIpc) is 3.47. The van der Waals surface area contributed by atoms with Crippen molar-refractivity contribution < 1.29 is 4.74 Å². The number of fused-ring (bicyclic) bond motifs is 2. The maximum Gasteiger partial charge on any atom is 0.231 e. The summed E-state index contributed by atoms with van der Waals surface area (Å²) in [5.41, 5.74) is 4.95. The highest BCUT2D eigenvalue weighted by molar-refractivity contribution is 7.29. The van der Waals surface area contributed by atoms with Crippen molar-refractivity contribution >= 4 is 60.4 Å². The summed E-state index contributed by atoms with van der Waals surface area (Å²) in [6, 6.07) is 18.4. The van der Waals surface area contributed by atoms with E-state index in [1.54, 1.807) is 11.3 Å². The lowest BCUT2D eigenvalue weighted by Crippen LogP contribution is -2.24. The Morgan fingerprint density at radius 2 is 2.00 bits per heavy atom. The van der Waals surface area contributed by atoms with E-state index in [0.29, 0.717) is 10.7 Å². The smallest absolute Gasteiger partial charge is 0.231 e. The first-order valence-electron chi connectivity index (χ1n) is 12.6. The molecule has 0 bridgehead atoms. The predicted molar refractivity (Wildman–Crippen MR) is 155 cm³/mol. The van der Waals surface area contributed by atoms with Gasteiger partial charge in [-0.25, -0.2) is 4.98 Å². The number of nitriles is 1. The molecule has 37 heavy (non-hydrogen) atoms. The van der Waals surface area contributed by atoms with E-state index in [2.05, 4.69) is 58.4 Å². The molecular weight excluding hydrogens is 498 g/mol. The molecule has 0 amide bonds. The zero-order valence-electron chi connectivity index (χ0n) is 21.1. The lowest BCUT2D eigenvalue weighted by molar-refractivity contribution is 0.306. The molecule has 0 spiro atoms. The van der Waals surface area contributed by atoms with E-state index in [9.17, 15) is 5.26 Å². The molecule has 1 aliphatic heterocycles. The summed E-state index contributed by atoms with van der Waals surface area (Å²) >= 11 is 3.07. The van der Waals surface area contributed by atoms with Gasteiger partial charge in [-0.1, -0.05) is 31.1 Å². The third kappa shape index (κ3) is 6.07. The number of benzene rings is 2. The molecule has 8 heteroatoms. The van der Waals surface area contributed by atoms with Crippen LogP contribution in [-0.4, -0.2) is 25.2 Å². The van der Waals surface area contributed by atoms with E-state index in [1.165, 1.54) is 35.4 Å². The minimum atomic E-state index is 0.615. The van der Waals surface area contributed by atoms with Gasteiger partial charge in [0.1, 0.15) is 10.6 Å². The van der Waals surface area contributed by atoms with Crippen molar-refractivity contribution in [2.75, 3.05) is 25.1 Å². The number of nitrogens with zero attached hydrogens (tertiary/aromatic N) is 5. The minimum Gasteiger partial charge on any atom is -0.494 e. The van der Waals surface area contributed by atoms with Crippen LogP contribution < -0.4 is 9.64 Å². The number of ether oxygens (including phenoxy) is 1. The molecule has 6 nitrogen and oxygen atoms in total. The molecule has 0 aliphatic carbocycles. The van der Waals surface area contributed by atoms with Gasteiger partial charge in [-0.3, -0.25) is 0 Å². The van der Waals surface area contributed by atoms with Crippen molar-refractivity contribution in [2.45, 2.75) is 39.0 Å². The second kappa shape index (κ2) is 11.7. The van der Waals surface area contributed by atoms with Gasteiger partial charge in [0.25, 0.3) is 0 Å². The lowest BCUT2D eigenvalue weighted by atomic mass is 10.0. The average molecular weight is 528 g/mol. The van der Waals surface area contributed by atoms with Crippen LogP contribution >= 0.6 is 22.7 Å². The molecule has 2 aromatic carbocycles. The predicted octanol–water partition coefficient (Wildman–Crippen LogP) is 8.79. The largest absolute Gasteiger partial charge is 0.494 e. The number of thiazole rings is 1. The number of rotatable bonds is 9. The van der Waals surface area contributed by atoms with E-state index in [1.807, 2.05) is 36.4 Å². The van der Waals surface area contributed by atoms with Crippen molar-refractivity contribution in [3.8, 4) is 11.8 Å². The molecule has 4 aromatic rings. The van der Waals surface area contributed by atoms with Crippen molar-refractivity contribution in [1.82, 2.24) is 4.98 Å². The Morgan fingerprint density at radius 1 is 1.14 bits per heavy atom. The van der Waals surface area contributed by atoms with E-state index < -0.39 is 0 Å². The highest BCUT2D eigenvalue weighted by atomic mass is 32.1. The van der Waals surface area contributed by atoms with E-state index >= 15 is 0 Å². The summed E-state index contributed by atoms with van der Waals surface area (Å²) in [5.74, 6) is 0.836. The van der Waals surface area contributed by atoms with Crippen LogP contribution in [-0.2, 0) is 6.42 Å². The van der Waals surface area contributed by atoms with Crippen LogP contribution in [0, 0.1) is 11.3 Å². The van der Waals surface area contributed by atoms with Crippen LogP contribution in [0.3, 0.4) is 0 Å². The SMILES string of the molecule is CCCCCOc1ccc(/C(C#N)=C/c2cc3sc(N=Nc4ccc5c(c4)CCCN5C)nc3s2)cc1. The number of anilines is 1. The maximum atomic E-state index is 9.76. The fraction of sp³-hybridized carbons (Fsp3) is 0.310. The van der Waals surface area contributed by atoms with Gasteiger partial charge >= 0.3 is 0 Å². The zero-order chi connectivity index (χ0) is 25.6. The van der Waals surface area contributed by atoms with E-state index in [0.717, 1.165) is 63.8 Å². The minimum absolute atomic E-state index is 0.615. The van der Waals surface area contributed by atoms with Gasteiger partial charge in [-0.15, -0.1) is 21.6 Å². The van der Waals surface area contributed by atoms with Crippen LogP contribution in [0.25, 0.3) is 21.2 Å². The van der Waals surface area contributed by atoms with Crippen molar-refractivity contribution in [2.24, 2.45) is 10.2 Å². The summed E-state index contributed by atoms with van der Waals surface area (Å²) in [5, 5.41) is 19.2. The standard InChI is InChI=1S/C29H29N5OS2/c1-3-4-5-15-35-24-11-8-20(9-12-24)22(19-30)17-25-18-27-28(36-25)31-29(37-27)33-32-23-10-13-26-21(16-23)7-6-14-34(26)2/h8-13,16-18H,3-7,14-15H2,1-2H3/b22-17+,33-32?. The number of hydrogen-bond acceptors (Lipinski definition) is 8. The molecule has 2 aromatic heterocycles. The van der Waals surface area contributed by atoms with Gasteiger partial charge in [0.15, 0.2) is 0 Å². The maximum absolute atomic E-state index is 9.76. The van der Waals surface area contributed by atoms with Gasteiger partial charge in [0.2, 0.25) is 5.13 Å². The van der Waals surface area contributed by atoms with Gasteiger partial charge in [-0.2, -0.15) is 5.26 Å². The van der Waals surface area contributed by atoms with Crippen LogP contribution in [0.5, 0.6) is 5.75 Å². The Labute approximate surface area is 225 Å². The van der Waals surface area contributed by atoms with Crippen molar-refractivity contribution in [3.05, 3.63) is 64.5 Å². The normalized spacial score (nSPS) is 13.8. The molecule has 1 aliphatic rings. The first-order valence-corrected chi connectivity index (χ1v) is 14.3. The monoisotopic (exact) mass is 527 g/mol. The molecule has 0 saturated heterocycles. The molecule has 3 heterocycles. The molecule has 0 radical (unpaired) electrons. The first kappa shape index (κ1) is 25.1. The topological polar surface area (TPSA) is 73.9 Å². The lowest BCUT2D eigenvalue weighted by Gasteiger charge is -2.27. The molecule has 0 N–H and O–H groups in total. The zero-order valence-corrected chi connectivity index (χ0v) is 22.7. The van der Waals surface area contributed by atoms with Gasteiger partial charge in [0, 0.05) is 24.2 Å². The Morgan fingerprint density at radius 3 is 2.78 bits per heavy atom. The number of aromatic nitrogens is 1. The number of allylic oxidation sites excluding steroid dienone is 1. The summed E-state index contributed by atoms with van der Waals surface area (Å²) in [7, 11) is 2.13. The number of thiophene rings is 1. The van der Waals surface area contributed by atoms with Crippen LogP contribution in [0.2, 0.25) is 0 Å². The molecule has 0 atom stereocenters. The number of hydrogen-bond donors (Lipinski definition) is 0. The highest BCUT2D eigenvalue weighted by Crippen LogP contribution is 2.37. The summed E-state index contributed by atoms with van der Waals surface area (Å²) < 4.78 is 6.83. The summed E-state index contributed by atoms with van der Waals surface area (Å²) in [6.07, 6.45) is 7.56. The Bertz CT molecular complexity index is 1440. The fourth-order valence-electron chi connectivity index (χ4n) is 4.38. The quantitative estimate of drug-likeness (QED) is 0.124. The molecule has 188 valence electrons. The van der Waals surface area contributed by atoms with Gasteiger partial charge < -0.3 is 9.64 Å². The Hall–Kier alpha value is -3.54. The van der Waals surface area contributed by atoms with Crippen LogP contribution in [0.15, 0.2) is 58.8 Å². The van der Waals surface area contributed by atoms with E-state index in [4.69, 9.17) is 4.74 Å². The first-order chi connectivity index (χ1) is 18.1. The highest BCUT2D eigenvalue weighted by Gasteiger charge is 2.14. The second-order valence-corrected chi connectivity index (χ2v) is 11.2. The van der Waals surface area contributed by atoms with Crippen LogP contribution in [0.4, 0.5) is 16.5 Å². The number of aryl methyl sites for hydroxylation is 1. The van der Waals surface area contributed by atoms with E-state index in [-0.39, 0.29) is 0 Å². The summed E-state index contributed by atoms with van der Waals surface area (Å²) in [4.78, 5) is 8.84. The third-order valence-electron chi connectivity index (χ3n) is 6.35. The fourth-order valence-corrected chi connectivity index (χ4v) is 6.37. The van der Waals surface area contributed by atoms with Crippen molar-refractivity contribution in [3.63, 3.8) is 0 Å². The van der Waals surface area contributed by atoms with Gasteiger partial charge in [-0.05, 0) is 85.0 Å². The number of azo groups is 1. The van der Waals surface area contributed by atoms with Crippen LogP contribution in [0.1, 0.15) is 48.6 Å². The molecule has 0 saturated carbocycles.